The maximum absolute atomic E-state index is 4.49. The van der Waals surface area contributed by atoms with Gasteiger partial charge in [-0.2, -0.15) is 0 Å². The van der Waals surface area contributed by atoms with Crippen molar-refractivity contribution in [2.45, 2.75) is 26.2 Å². The van der Waals surface area contributed by atoms with Crippen LogP contribution >= 0.6 is 11.3 Å². The van der Waals surface area contributed by atoms with Crippen molar-refractivity contribution in [1.29, 1.82) is 0 Å². The Hall–Kier alpha value is -1.65. The fraction of sp³-hybridized carbons (Fsp3) is 0.235. The Morgan fingerprint density at radius 3 is 2.48 bits per heavy atom. The zero-order chi connectivity index (χ0) is 14.9. The van der Waals surface area contributed by atoms with Crippen molar-refractivity contribution in [2.75, 3.05) is 0 Å². The van der Waals surface area contributed by atoms with Gasteiger partial charge in [0, 0.05) is 18.9 Å². The van der Waals surface area contributed by atoms with Gasteiger partial charge in [-0.05, 0) is 17.0 Å². The molecular formula is C17H20N2SSi. The third-order valence-electron chi connectivity index (χ3n) is 3.63. The van der Waals surface area contributed by atoms with Crippen LogP contribution in [0.4, 0.5) is 0 Å². The summed E-state index contributed by atoms with van der Waals surface area (Å²) >= 11 is 1.73. The molecule has 0 spiro atoms. The maximum Gasteiger partial charge on any atom is 0.150 e. The summed E-state index contributed by atoms with van der Waals surface area (Å²) in [5, 5.41) is 3.60. The second-order valence-electron chi connectivity index (χ2n) is 6.30. The maximum atomic E-state index is 4.49. The molecule has 0 atom stereocenters. The fourth-order valence-corrected chi connectivity index (χ4v) is 4.28. The van der Waals surface area contributed by atoms with Gasteiger partial charge in [0.1, 0.15) is 5.82 Å². The molecule has 0 amide bonds. The van der Waals surface area contributed by atoms with E-state index in [1.54, 1.807) is 11.3 Å². The van der Waals surface area contributed by atoms with Crippen molar-refractivity contribution >= 4 is 24.6 Å². The van der Waals surface area contributed by atoms with Crippen LogP contribution in [0.15, 0.2) is 54.2 Å². The highest BCUT2D eigenvalue weighted by Gasteiger charge is 2.15. The standard InChI is InChI=1S/C17H20N2SSi/c1-21(2,3)15-8-6-14(7-9-15)13-19-11-10-18-17(19)16-5-4-12-20-16/h4-12H,13H2,1-3H3. The molecule has 4 heteroatoms. The van der Waals surface area contributed by atoms with Crippen molar-refractivity contribution in [1.82, 2.24) is 9.55 Å². The summed E-state index contributed by atoms with van der Waals surface area (Å²) in [4.78, 5) is 5.71. The highest BCUT2D eigenvalue weighted by Crippen LogP contribution is 2.23. The van der Waals surface area contributed by atoms with Crippen LogP contribution in [0.2, 0.25) is 19.6 Å². The predicted octanol–water partition coefficient (Wildman–Crippen LogP) is 4.21. The van der Waals surface area contributed by atoms with Crippen LogP contribution in [-0.2, 0) is 6.54 Å². The number of nitrogens with zero attached hydrogens (tertiary/aromatic N) is 2. The summed E-state index contributed by atoms with van der Waals surface area (Å²) in [7, 11) is -1.21. The van der Waals surface area contributed by atoms with E-state index in [2.05, 4.69) is 77.2 Å². The Labute approximate surface area is 131 Å². The average Bonchev–Trinajstić information content (AvgIpc) is 3.08. The molecule has 0 aliphatic carbocycles. The molecule has 0 N–H and O–H groups in total. The third kappa shape index (κ3) is 3.17. The van der Waals surface area contributed by atoms with Crippen LogP contribution in [0.1, 0.15) is 5.56 Å². The molecule has 0 fully saturated rings. The highest BCUT2D eigenvalue weighted by atomic mass is 32.1. The van der Waals surface area contributed by atoms with Crippen molar-refractivity contribution in [2.24, 2.45) is 0 Å². The molecule has 2 aromatic heterocycles. The summed E-state index contributed by atoms with van der Waals surface area (Å²) in [6.07, 6.45) is 3.94. The minimum absolute atomic E-state index is 0.874. The first-order chi connectivity index (χ1) is 10.0. The Morgan fingerprint density at radius 1 is 1.10 bits per heavy atom. The molecule has 2 heterocycles. The summed E-state index contributed by atoms with van der Waals surface area (Å²) in [6.45, 7) is 8.02. The third-order valence-corrected chi connectivity index (χ3v) is 6.56. The molecule has 0 aliphatic heterocycles. The van der Waals surface area contributed by atoms with Crippen LogP contribution in [-0.4, -0.2) is 17.6 Å². The second-order valence-corrected chi connectivity index (χ2v) is 12.3. The molecule has 0 radical (unpaired) electrons. The Morgan fingerprint density at radius 2 is 1.86 bits per heavy atom. The van der Waals surface area contributed by atoms with Crippen molar-refractivity contribution in [3.8, 4) is 10.7 Å². The first kappa shape index (κ1) is 14.3. The molecule has 0 unspecified atom stereocenters. The molecule has 2 nitrogen and oxygen atoms in total. The Kier molecular flexibility index (Phi) is 3.82. The van der Waals surface area contributed by atoms with E-state index in [-0.39, 0.29) is 0 Å². The van der Waals surface area contributed by atoms with Crippen molar-refractivity contribution < 1.29 is 0 Å². The smallest absolute Gasteiger partial charge is 0.150 e. The van der Waals surface area contributed by atoms with Crippen LogP contribution in [0.25, 0.3) is 10.7 Å². The lowest BCUT2D eigenvalue weighted by Gasteiger charge is -2.17. The molecule has 108 valence electrons. The average molecular weight is 313 g/mol. The van der Waals surface area contributed by atoms with E-state index >= 15 is 0 Å². The lowest BCUT2D eigenvalue weighted by Crippen LogP contribution is -2.37. The second kappa shape index (κ2) is 5.62. The molecule has 0 saturated heterocycles. The zero-order valence-corrected chi connectivity index (χ0v) is 14.5. The lowest BCUT2D eigenvalue weighted by atomic mass is 10.2. The number of imidazole rings is 1. The number of rotatable bonds is 4. The summed E-state index contributed by atoms with van der Waals surface area (Å²) in [5.74, 6) is 1.05. The molecule has 3 rings (SSSR count). The van der Waals surface area contributed by atoms with Crippen molar-refractivity contribution in [3.63, 3.8) is 0 Å². The quantitative estimate of drug-likeness (QED) is 0.660. The molecule has 21 heavy (non-hydrogen) atoms. The van der Waals surface area contributed by atoms with E-state index < -0.39 is 8.07 Å². The molecule has 3 aromatic rings. The molecule has 0 aliphatic rings. The van der Waals surface area contributed by atoms with E-state index in [9.17, 15) is 0 Å². The monoisotopic (exact) mass is 312 g/mol. The van der Waals surface area contributed by atoms with Gasteiger partial charge in [-0.25, -0.2) is 4.98 Å². The van der Waals surface area contributed by atoms with Gasteiger partial charge in [-0.15, -0.1) is 11.3 Å². The van der Waals surface area contributed by atoms with Crippen LogP contribution in [0, 0.1) is 0 Å². The van der Waals surface area contributed by atoms with Gasteiger partial charge in [-0.3, -0.25) is 0 Å². The van der Waals surface area contributed by atoms with Gasteiger partial charge in [-0.1, -0.05) is 55.2 Å². The largest absolute Gasteiger partial charge is 0.326 e. The normalized spacial score (nSPS) is 11.8. The van der Waals surface area contributed by atoms with E-state index in [0.29, 0.717) is 0 Å². The van der Waals surface area contributed by atoms with Gasteiger partial charge < -0.3 is 4.57 Å². The lowest BCUT2D eigenvalue weighted by molar-refractivity contribution is 0.809. The van der Waals surface area contributed by atoms with Crippen molar-refractivity contribution in [3.05, 3.63) is 59.7 Å². The van der Waals surface area contributed by atoms with Gasteiger partial charge in [0.05, 0.1) is 13.0 Å². The minimum atomic E-state index is -1.21. The molecule has 0 bridgehead atoms. The Bertz CT molecular complexity index is 706. The van der Waals surface area contributed by atoms with Gasteiger partial charge in [0.2, 0.25) is 0 Å². The summed E-state index contributed by atoms with van der Waals surface area (Å²) in [5.41, 5.74) is 1.33. The number of thiophene rings is 1. The fourth-order valence-electron chi connectivity index (χ4n) is 2.37. The predicted molar refractivity (Wildman–Crippen MR) is 94.1 cm³/mol. The first-order valence-corrected chi connectivity index (χ1v) is 11.6. The summed E-state index contributed by atoms with van der Waals surface area (Å²) < 4.78 is 2.22. The van der Waals surface area contributed by atoms with E-state index in [1.807, 2.05) is 6.20 Å². The van der Waals surface area contributed by atoms with Gasteiger partial charge >= 0.3 is 0 Å². The Balaban J connectivity index is 1.83. The van der Waals surface area contributed by atoms with E-state index in [1.165, 1.54) is 15.6 Å². The van der Waals surface area contributed by atoms with Crippen LogP contribution in [0.3, 0.4) is 0 Å². The number of hydrogen-bond acceptors (Lipinski definition) is 2. The number of benzene rings is 1. The summed E-state index contributed by atoms with van der Waals surface area (Å²) in [6, 6.07) is 13.3. The molecule has 0 saturated carbocycles. The van der Waals surface area contributed by atoms with Crippen LogP contribution < -0.4 is 5.19 Å². The van der Waals surface area contributed by atoms with Crippen LogP contribution in [0.5, 0.6) is 0 Å². The number of aromatic nitrogens is 2. The van der Waals surface area contributed by atoms with E-state index in [0.717, 1.165) is 12.4 Å². The molecule has 1 aromatic carbocycles. The number of hydrogen-bond donors (Lipinski definition) is 0. The van der Waals surface area contributed by atoms with E-state index in [4.69, 9.17) is 0 Å². The van der Waals surface area contributed by atoms with Gasteiger partial charge in [0.25, 0.3) is 0 Å². The SMILES string of the molecule is C[Si](C)(C)c1ccc(Cn2ccnc2-c2cccs2)cc1. The topological polar surface area (TPSA) is 17.8 Å². The first-order valence-electron chi connectivity index (χ1n) is 7.18. The van der Waals surface area contributed by atoms with Gasteiger partial charge in [0.15, 0.2) is 0 Å². The minimum Gasteiger partial charge on any atom is -0.326 e. The zero-order valence-electron chi connectivity index (χ0n) is 12.7. The molecular weight excluding hydrogens is 292 g/mol. The highest BCUT2D eigenvalue weighted by molar-refractivity contribution is 7.13.